The number of nitro benzene ring substituents is 1. The van der Waals surface area contributed by atoms with Crippen molar-refractivity contribution in [1.29, 1.82) is 0 Å². The van der Waals surface area contributed by atoms with Crippen molar-refractivity contribution in [2.24, 2.45) is 0 Å². The van der Waals surface area contributed by atoms with Crippen molar-refractivity contribution in [3.63, 3.8) is 0 Å². The SMILES string of the molecule is Cc1cc([N+](=O)[O-])ccc1NC(c1c(O)ccc2ccccc12)P(=O)(OC(C)C)OC(C)C. The van der Waals surface area contributed by atoms with Gasteiger partial charge < -0.3 is 19.5 Å². The van der Waals surface area contributed by atoms with Gasteiger partial charge in [-0.05, 0) is 63.1 Å². The number of nitro groups is 1. The molecule has 0 aliphatic heterocycles. The van der Waals surface area contributed by atoms with Crippen molar-refractivity contribution >= 4 is 29.7 Å². The third-order valence-corrected chi connectivity index (χ3v) is 7.42. The van der Waals surface area contributed by atoms with Crippen LogP contribution in [0.25, 0.3) is 10.8 Å². The minimum absolute atomic E-state index is 0.0531. The Hall–Kier alpha value is -2.93. The number of fused-ring (bicyclic) bond motifs is 1. The van der Waals surface area contributed by atoms with Crippen LogP contribution in [-0.2, 0) is 13.6 Å². The molecule has 0 saturated carbocycles. The van der Waals surface area contributed by atoms with Crippen LogP contribution >= 0.6 is 7.60 Å². The van der Waals surface area contributed by atoms with E-state index in [1.54, 1.807) is 52.8 Å². The van der Waals surface area contributed by atoms with Gasteiger partial charge in [-0.15, -0.1) is 0 Å². The Kier molecular flexibility index (Phi) is 7.42. The third-order valence-electron chi connectivity index (χ3n) is 4.97. The molecule has 0 aliphatic rings. The zero-order valence-electron chi connectivity index (χ0n) is 19.3. The fourth-order valence-electron chi connectivity index (χ4n) is 3.69. The topological polar surface area (TPSA) is 111 Å². The van der Waals surface area contributed by atoms with Gasteiger partial charge >= 0.3 is 7.60 Å². The van der Waals surface area contributed by atoms with Gasteiger partial charge in [-0.2, -0.15) is 0 Å². The minimum Gasteiger partial charge on any atom is -0.508 e. The molecule has 0 aliphatic carbocycles. The maximum absolute atomic E-state index is 14.3. The molecule has 0 heterocycles. The zero-order valence-corrected chi connectivity index (χ0v) is 20.2. The summed E-state index contributed by atoms with van der Waals surface area (Å²) < 4.78 is 26.1. The molecule has 1 unspecified atom stereocenters. The Morgan fingerprint density at radius 2 is 1.64 bits per heavy atom. The summed E-state index contributed by atoms with van der Waals surface area (Å²) >= 11 is 0. The number of benzene rings is 3. The Bertz CT molecular complexity index is 1200. The predicted molar refractivity (Wildman–Crippen MR) is 130 cm³/mol. The smallest absolute Gasteiger partial charge is 0.357 e. The molecule has 2 N–H and O–H groups in total. The summed E-state index contributed by atoms with van der Waals surface area (Å²) in [6.07, 6.45) is -0.845. The molecular weight excluding hydrogens is 443 g/mol. The molecular formula is C24H29N2O6P. The molecule has 0 fully saturated rings. The van der Waals surface area contributed by atoms with E-state index in [0.29, 0.717) is 22.2 Å². The van der Waals surface area contributed by atoms with Crippen molar-refractivity contribution in [1.82, 2.24) is 0 Å². The second-order valence-corrected chi connectivity index (χ2v) is 10.4. The van der Waals surface area contributed by atoms with Crippen LogP contribution in [0.15, 0.2) is 54.6 Å². The number of phenols is 1. The average molecular weight is 472 g/mol. The molecule has 9 heteroatoms. The Morgan fingerprint density at radius 1 is 1.00 bits per heavy atom. The lowest BCUT2D eigenvalue weighted by Gasteiger charge is -2.32. The van der Waals surface area contributed by atoms with E-state index in [2.05, 4.69) is 5.32 Å². The maximum atomic E-state index is 14.3. The van der Waals surface area contributed by atoms with E-state index < -0.39 is 30.5 Å². The fraction of sp³-hybridized carbons (Fsp3) is 0.333. The van der Waals surface area contributed by atoms with Crippen LogP contribution in [-0.4, -0.2) is 22.2 Å². The lowest BCUT2D eigenvalue weighted by Crippen LogP contribution is -2.20. The van der Waals surface area contributed by atoms with Crippen LogP contribution < -0.4 is 5.32 Å². The Labute approximate surface area is 193 Å². The Balaban J connectivity index is 2.25. The first-order valence-electron chi connectivity index (χ1n) is 10.7. The first-order chi connectivity index (χ1) is 15.5. The monoisotopic (exact) mass is 472 g/mol. The highest BCUT2D eigenvalue weighted by Crippen LogP contribution is 2.64. The molecule has 3 rings (SSSR count). The summed E-state index contributed by atoms with van der Waals surface area (Å²) in [4.78, 5) is 10.7. The number of phenolic OH excluding ortho intramolecular Hbond substituents is 1. The van der Waals surface area contributed by atoms with Gasteiger partial charge in [0.15, 0.2) is 5.78 Å². The first-order valence-corrected chi connectivity index (χ1v) is 12.3. The van der Waals surface area contributed by atoms with Gasteiger partial charge in [-0.3, -0.25) is 14.7 Å². The lowest BCUT2D eigenvalue weighted by molar-refractivity contribution is -0.384. The number of non-ortho nitro benzene ring substituents is 1. The number of anilines is 1. The number of rotatable bonds is 9. The minimum atomic E-state index is -3.92. The number of nitrogens with one attached hydrogen (secondary N) is 1. The molecule has 3 aromatic carbocycles. The molecule has 176 valence electrons. The van der Waals surface area contributed by atoms with Crippen LogP contribution in [0.4, 0.5) is 11.4 Å². The lowest BCUT2D eigenvalue weighted by atomic mass is 10.0. The van der Waals surface area contributed by atoms with Crippen LogP contribution in [0.1, 0.15) is 44.6 Å². The molecule has 0 spiro atoms. The number of aryl methyl sites for hydroxylation is 1. The molecule has 0 amide bonds. The van der Waals surface area contributed by atoms with Crippen molar-refractivity contribution in [3.05, 3.63) is 75.8 Å². The Morgan fingerprint density at radius 3 is 2.21 bits per heavy atom. The third kappa shape index (κ3) is 5.53. The van der Waals surface area contributed by atoms with Crippen LogP contribution in [0, 0.1) is 17.0 Å². The highest BCUT2D eigenvalue weighted by molar-refractivity contribution is 7.54. The highest BCUT2D eigenvalue weighted by Gasteiger charge is 2.42. The average Bonchev–Trinajstić information content (AvgIpc) is 2.72. The van der Waals surface area contributed by atoms with E-state index in [1.165, 1.54) is 12.1 Å². The van der Waals surface area contributed by atoms with Crippen LogP contribution in [0.2, 0.25) is 0 Å². The largest absolute Gasteiger partial charge is 0.508 e. The summed E-state index contributed by atoms with van der Waals surface area (Å²) in [5, 5.41) is 26.8. The molecule has 0 saturated heterocycles. The normalized spacial score (nSPS) is 12.9. The second-order valence-electron chi connectivity index (χ2n) is 8.37. The van der Waals surface area contributed by atoms with Gasteiger partial charge in [-0.1, -0.05) is 30.3 Å². The van der Waals surface area contributed by atoms with Crippen molar-refractivity contribution in [3.8, 4) is 5.75 Å². The molecule has 0 radical (unpaired) electrons. The number of aromatic hydroxyl groups is 1. The van der Waals surface area contributed by atoms with Crippen molar-refractivity contribution < 1.29 is 23.6 Å². The van der Waals surface area contributed by atoms with Crippen molar-refractivity contribution in [2.75, 3.05) is 5.32 Å². The number of hydrogen-bond donors (Lipinski definition) is 2. The van der Waals surface area contributed by atoms with Gasteiger partial charge in [-0.25, -0.2) is 0 Å². The molecule has 33 heavy (non-hydrogen) atoms. The van der Waals surface area contributed by atoms with E-state index in [-0.39, 0.29) is 11.4 Å². The zero-order chi connectivity index (χ0) is 24.3. The highest BCUT2D eigenvalue weighted by atomic mass is 31.2. The molecule has 1 atom stereocenters. The summed E-state index contributed by atoms with van der Waals surface area (Å²) in [7, 11) is -3.92. The summed E-state index contributed by atoms with van der Waals surface area (Å²) in [6.45, 7) is 8.74. The fourth-order valence-corrected chi connectivity index (χ4v) is 6.04. The molecule has 0 aromatic heterocycles. The summed E-state index contributed by atoms with van der Waals surface area (Å²) in [5.74, 6) is -1.14. The van der Waals surface area contributed by atoms with Gasteiger partial charge in [0, 0.05) is 23.4 Å². The second kappa shape index (κ2) is 9.91. The van der Waals surface area contributed by atoms with E-state index in [9.17, 15) is 19.8 Å². The molecule has 0 bridgehead atoms. The van der Waals surface area contributed by atoms with Gasteiger partial charge in [0.05, 0.1) is 17.1 Å². The van der Waals surface area contributed by atoms with E-state index in [1.807, 2.05) is 24.3 Å². The number of hydrogen-bond acceptors (Lipinski definition) is 7. The van der Waals surface area contributed by atoms with Gasteiger partial charge in [0.25, 0.3) is 5.69 Å². The molecule has 3 aromatic rings. The van der Waals surface area contributed by atoms with E-state index >= 15 is 0 Å². The van der Waals surface area contributed by atoms with E-state index in [4.69, 9.17) is 9.05 Å². The van der Waals surface area contributed by atoms with Gasteiger partial charge in [0.1, 0.15) is 5.75 Å². The summed E-state index contributed by atoms with van der Waals surface area (Å²) in [6, 6.07) is 15.1. The molecule has 8 nitrogen and oxygen atoms in total. The predicted octanol–water partition coefficient (Wildman–Crippen LogP) is 6.92. The van der Waals surface area contributed by atoms with Gasteiger partial charge in [0.2, 0.25) is 0 Å². The van der Waals surface area contributed by atoms with Crippen LogP contribution in [0.5, 0.6) is 5.75 Å². The van der Waals surface area contributed by atoms with Crippen molar-refractivity contribution in [2.45, 2.75) is 52.6 Å². The number of nitrogens with zero attached hydrogens (tertiary/aromatic N) is 1. The standard InChI is InChI=1S/C24H29N2O6P/c1-15(2)31-33(30,32-16(3)4)24(25-21-12-11-19(26(28)29)14-17(21)5)23-20-9-7-6-8-18(20)10-13-22(23)27/h6-16,24-25,27H,1-5H3. The maximum Gasteiger partial charge on any atom is 0.357 e. The quantitative estimate of drug-likeness (QED) is 0.198. The van der Waals surface area contributed by atoms with E-state index in [0.717, 1.165) is 5.39 Å². The summed E-state index contributed by atoms with van der Waals surface area (Å²) in [5.41, 5.74) is 1.41. The van der Waals surface area contributed by atoms with Crippen LogP contribution in [0.3, 0.4) is 0 Å². The first kappa shape index (κ1) is 24.7.